The van der Waals surface area contributed by atoms with Crippen molar-refractivity contribution in [1.82, 2.24) is 0 Å². The molecule has 3 nitrogen and oxygen atoms in total. The SMILES string of the molecule is CCC(CC)(c1ccc(/C=C/S(C)(C)F)c(C)c1)c1ccc(OS(=O)(=O)C(F)(F)F)c(C)c1. The third kappa shape index (κ3) is 6.12. The molecular weight excluding hydrogens is 476 g/mol. The third-order valence-electron chi connectivity index (χ3n) is 5.81. The van der Waals surface area contributed by atoms with E-state index in [2.05, 4.69) is 4.18 Å². The van der Waals surface area contributed by atoms with E-state index in [1.165, 1.54) is 13.0 Å². The van der Waals surface area contributed by atoms with E-state index < -0.39 is 31.5 Å². The normalized spacial score (nSPS) is 14.0. The van der Waals surface area contributed by atoms with E-state index in [1.54, 1.807) is 36.1 Å². The molecular formula is C24H30F4O3S2. The van der Waals surface area contributed by atoms with Crippen LogP contribution in [0.4, 0.5) is 17.1 Å². The Morgan fingerprint density at radius 2 is 1.42 bits per heavy atom. The van der Waals surface area contributed by atoms with E-state index in [-0.39, 0.29) is 11.3 Å². The van der Waals surface area contributed by atoms with Gasteiger partial charge < -0.3 is 4.18 Å². The van der Waals surface area contributed by atoms with Gasteiger partial charge in [-0.3, -0.25) is 0 Å². The summed E-state index contributed by atoms with van der Waals surface area (Å²) in [4.78, 5) is 0. The van der Waals surface area contributed by atoms with Crippen molar-refractivity contribution in [2.75, 3.05) is 12.5 Å². The van der Waals surface area contributed by atoms with Crippen LogP contribution in [0.1, 0.15) is 54.5 Å². The van der Waals surface area contributed by atoms with Crippen LogP contribution in [-0.4, -0.2) is 26.4 Å². The first kappa shape index (κ1) is 27.2. The van der Waals surface area contributed by atoms with Crippen LogP contribution in [0, 0.1) is 13.8 Å². The van der Waals surface area contributed by atoms with Crippen LogP contribution in [0.15, 0.2) is 41.8 Å². The second-order valence-electron chi connectivity index (χ2n) is 8.40. The van der Waals surface area contributed by atoms with Gasteiger partial charge >= 0.3 is 15.6 Å². The zero-order valence-corrected chi connectivity index (χ0v) is 21.2. The molecule has 0 aliphatic rings. The van der Waals surface area contributed by atoms with E-state index in [1.807, 2.05) is 39.0 Å². The fourth-order valence-corrected chi connectivity index (χ4v) is 4.82. The van der Waals surface area contributed by atoms with Gasteiger partial charge in [0.1, 0.15) is 5.75 Å². The van der Waals surface area contributed by atoms with Crippen LogP contribution in [0.5, 0.6) is 5.75 Å². The highest BCUT2D eigenvalue weighted by atomic mass is 32.3. The highest BCUT2D eigenvalue weighted by molar-refractivity contribution is 8.31. The molecule has 0 radical (unpaired) electrons. The van der Waals surface area contributed by atoms with Crippen molar-refractivity contribution in [2.45, 2.75) is 51.5 Å². The molecule has 0 aliphatic carbocycles. The van der Waals surface area contributed by atoms with Crippen molar-refractivity contribution >= 4 is 26.6 Å². The molecule has 0 saturated heterocycles. The smallest absolute Gasteiger partial charge is 0.376 e. The van der Waals surface area contributed by atoms with E-state index in [4.69, 9.17) is 0 Å². The maximum Gasteiger partial charge on any atom is 0.534 e. The number of rotatable bonds is 8. The summed E-state index contributed by atoms with van der Waals surface area (Å²) in [5.41, 5.74) is -1.90. The summed E-state index contributed by atoms with van der Waals surface area (Å²) in [6, 6.07) is 10.5. The monoisotopic (exact) mass is 506 g/mol. The second-order valence-corrected chi connectivity index (χ2v) is 12.8. The largest absolute Gasteiger partial charge is 0.534 e. The molecule has 0 spiro atoms. The van der Waals surface area contributed by atoms with Crippen LogP contribution >= 0.6 is 10.4 Å². The first-order valence-electron chi connectivity index (χ1n) is 10.4. The van der Waals surface area contributed by atoms with Gasteiger partial charge in [0, 0.05) is 5.41 Å². The summed E-state index contributed by atoms with van der Waals surface area (Å²) in [6.45, 7) is 7.51. The molecule has 0 saturated carbocycles. The van der Waals surface area contributed by atoms with Gasteiger partial charge in [-0.15, -0.1) is 0 Å². The number of halogens is 4. The molecule has 0 aromatic heterocycles. The third-order valence-corrected chi connectivity index (χ3v) is 7.56. The Labute approximate surface area is 195 Å². The van der Waals surface area contributed by atoms with E-state index in [9.17, 15) is 25.5 Å². The summed E-state index contributed by atoms with van der Waals surface area (Å²) >= 11 is 0. The molecule has 184 valence electrons. The summed E-state index contributed by atoms with van der Waals surface area (Å²) in [7, 11) is -8.01. The predicted octanol–water partition coefficient (Wildman–Crippen LogP) is 7.56. The number of alkyl halides is 3. The molecule has 0 aliphatic heterocycles. The van der Waals surface area contributed by atoms with Crippen LogP contribution in [0.25, 0.3) is 6.08 Å². The second kappa shape index (κ2) is 9.70. The lowest BCUT2D eigenvalue weighted by molar-refractivity contribution is -0.0500. The minimum absolute atomic E-state index is 0.288. The highest BCUT2D eigenvalue weighted by Crippen LogP contribution is 2.44. The van der Waals surface area contributed by atoms with Gasteiger partial charge in [-0.25, -0.2) is 0 Å². The van der Waals surface area contributed by atoms with Gasteiger partial charge in [0.25, 0.3) is 0 Å². The maximum absolute atomic E-state index is 13.9. The summed E-state index contributed by atoms with van der Waals surface area (Å²) < 4.78 is 79.2. The molecule has 0 fully saturated rings. The van der Waals surface area contributed by atoms with Crippen molar-refractivity contribution in [2.24, 2.45) is 0 Å². The molecule has 33 heavy (non-hydrogen) atoms. The summed E-state index contributed by atoms with van der Waals surface area (Å²) in [6.07, 6.45) is 6.32. The number of hydrogen-bond donors (Lipinski definition) is 0. The zero-order valence-electron chi connectivity index (χ0n) is 19.6. The van der Waals surface area contributed by atoms with Crippen LogP contribution < -0.4 is 4.18 Å². The Hall–Kier alpha value is -2.00. The van der Waals surface area contributed by atoms with Crippen LogP contribution in [0.2, 0.25) is 0 Å². The fraction of sp³-hybridized carbons (Fsp3) is 0.417. The summed E-state index contributed by atoms with van der Waals surface area (Å²) in [5.74, 6) is -0.356. The number of benzene rings is 2. The lowest BCUT2D eigenvalue weighted by Gasteiger charge is -2.34. The van der Waals surface area contributed by atoms with Crippen molar-refractivity contribution in [3.8, 4) is 5.75 Å². The van der Waals surface area contributed by atoms with Gasteiger partial charge in [-0.05, 0) is 84.6 Å². The van der Waals surface area contributed by atoms with Gasteiger partial charge in [0.15, 0.2) is 0 Å². The average molecular weight is 507 g/mol. The van der Waals surface area contributed by atoms with Gasteiger partial charge in [0.2, 0.25) is 0 Å². The molecule has 9 heteroatoms. The molecule has 0 heterocycles. The van der Waals surface area contributed by atoms with Gasteiger partial charge in [-0.2, -0.15) is 25.5 Å². The molecule has 0 atom stereocenters. The van der Waals surface area contributed by atoms with E-state index >= 15 is 0 Å². The fourth-order valence-electron chi connectivity index (χ4n) is 3.83. The minimum Gasteiger partial charge on any atom is -0.376 e. The predicted molar refractivity (Wildman–Crippen MR) is 129 cm³/mol. The first-order chi connectivity index (χ1) is 15.1. The lowest BCUT2D eigenvalue weighted by Crippen LogP contribution is -2.29. The molecule has 0 N–H and O–H groups in total. The number of hydrogen-bond acceptors (Lipinski definition) is 3. The Morgan fingerprint density at radius 3 is 1.85 bits per heavy atom. The van der Waals surface area contributed by atoms with E-state index in [0.29, 0.717) is 12.8 Å². The zero-order chi connectivity index (χ0) is 25.2. The minimum atomic E-state index is -5.74. The molecule has 2 rings (SSSR count). The van der Waals surface area contributed by atoms with Crippen molar-refractivity contribution in [3.05, 3.63) is 69.6 Å². The van der Waals surface area contributed by atoms with Crippen molar-refractivity contribution < 1.29 is 29.7 Å². The summed E-state index contributed by atoms with van der Waals surface area (Å²) in [5, 5.41) is 1.58. The lowest BCUT2D eigenvalue weighted by atomic mass is 9.70. The molecule has 2 aromatic rings. The van der Waals surface area contributed by atoms with Crippen LogP contribution in [-0.2, 0) is 15.5 Å². The van der Waals surface area contributed by atoms with Gasteiger partial charge in [-0.1, -0.05) is 54.6 Å². The first-order valence-corrected chi connectivity index (χ1v) is 14.2. The quantitative estimate of drug-likeness (QED) is 0.211. The van der Waals surface area contributed by atoms with Crippen LogP contribution in [0.3, 0.4) is 0 Å². The molecule has 2 aromatic carbocycles. The van der Waals surface area contributed by atoms with Crippen molar-refractivity contribution in [1.29, 1.82) is 0 Å². The molecule has 0 unspecified atom stereocenters. The standard InChI is InChI=1S/C24H30F4O3S2/c1-7-23(8-2,20-10-9-19(17(3)15-20)13-14-32(5,6)28)21-11-12-22(18(4)16-21)31-33(29,30)24(25,26)27/h9-16H,7-8H2,1-6H3/b14-13+. The molecule has 0 bridgehead atoms. The Balaban J connectivity index is 2.50. The number of aryl methyl sites for hydroxylation is 2. The Bertz CT molecular complexity index is 1130. The maximum atomic E-state index is 13.9. The van der Waals surface area contributed by atoms with Crippen molar-refractivity contribution in [3.63, 3.8) is 0 Å². The highest BCUT2D eigenvalue weighted by Gasteiger charge is 2.48. The van der Waals surface area contributed by atoms with E-state index in [0.717, 1.165) is 22.3 Å². The van der Waals surface area contributed by atoms with Gasteiger partial charge in [0.05, 0.1) is 0 Å². The average Bonchev–Trinajstić information content (AvgIpc) is 2.69. The Kier molecular flexibility index (Phi) is 8.01. The topological polar surface area (TPSA) is 43.4 Å². The molecule has 0 amide bonds. The Morgan fingerprint density at radius 1 is 0.909 bits per heavy atom.